The number of rotatable bonds is 5. The number of aromatic nitrogens is 3. The van der Waals surface area contributed by atoms with Gasteiger partial charge in [0.05, 0.1) is 5.75 Å². The van der Waals surface area contributed by atoms with Gasteiger partial charge in [-0.25, -0.2) is 13.4 Å². The molecule has 0 radical (unpaired) electrons. The summed E-state index contributed by atoms with van der Waals surface area (Å²) in [5.41, 5.74) is 0. The molecule has 128 valence electrons. The molecule has 0 saturated carbocycles. The fourth-order valence-corrected chi connectivity index (χ4v) is 3.06. The second kappa shape index (κ2) is 7.00. The maximum absolute atomic E-state index is 11.5. The van der Waals surface area contributed by atoms with E-state index in [-0.39, 0.29) is 11.6 Å². The Kier molecular flexibility index (Phi) is 4.79. The van der Waals surface area contributed by atoms with Gasteiger partial charge in [-0.05, 0) is 31.2 Å². The summed E-state index contributed by atoms with van der Waals surface area (Å²) in [5.74, 6) is 1.97. The molecule has 1 aliphatic rings. The number of pyridine rings is 1. The molecular formula is C15H20N6O2S. The summed E-state index contributed by atoms with van der Waals surface area (Å²) in [7, 11) is -3.33. The number of sulfonamides is 1. The number of hydrogen-bond donors (Lipinski definition) is 1. The van der Waals surface area contributed by atoms with Crippen molar-refractivity contribution < 1.29 is 8.42 Å². The van der Waals surface area contributed by atoms with Gasteiger partial charge < -0.3 is 9.80 Å². The molecule has 0 unspecified atom stereocenters. The smallest absolute Gasteiger partial charge is 0.233 e. The van der Waals surface area contributed by atoms with Crippen LogP contribution in [0.1, 0.15) is 6.92 Å². The van der Waals surface area contributed by atoms with Gasteiger partial charge in [-0.15, -0.1) is 10.2 Å². The van der Waals surface area contributed by atoms with Gasteiger partial charge in [0.15, 0.2) is 11.6 Å². The number of nitrogens with zero attached hydrogens (tertiary/aromatic N) is 5. The third kappa shape index (κ3) is 3.91. The lowest BCUT2D eigenvalue weighted by molar-refractivity contribution is 0.602. The highest BCUT2D eigenvalue weighted by Crippen LogP contribution is 2.17. The lowest BCUT2D eigenvalue weighted by Gasteiger charge is -2.35. The number of nitrogens with one attached hydrogen (secondary N) is 1. The molecule has 0 aromatic carbocycles. The van der Waals surface area contributed by atoms with Crippen LogP contribution in [0.4, 0.5) is 17.5 Å². The van der Waals surface area contributed by atoms with E-state index < -0.39 is 10.0 Å². The predicted octanol–water partition coefficient (Wildman–Crippen LogP) is 0.960. The fourth-order valence-electron chi connectivity index (χ4n) is 2.49. The summed E-state index contributed by atoms with van der Waals surface area (Å²) >= 11 is 0. The zero-order valence-corrected chi connectivity index (χ0v) is 14.3. The minimum Gasteiger partial charge on any atom is -0.353 e. The number of piperazine rings is 1. The molecule has 2 aromatic rings. The van der Waals surface area contributed by atoms with Crippen LogP contribution in [0, 0.1) is 0 Å². The van der Waals surface area contributed by atoms with Crippen molar-refractivity contribution in [3.05, 3.63) is 36.5 Å². The highest BCUT2D eigenvalue weighted by molar-refractivity contribution is 7.92. The maximum Gasteiger partial charge on any atom is 0.233 e. The average molecular weight is 348 g/mol. The summed E-state index contributed by atoms with van der Waals surface area (Å²) in [6.45, 7) is 4.90. The Labute approximate surface area is 141 Å². The van der Waals surface area contributed by atoms with Crippen molar-refractivity contribution in [3.63, 3.8) is 0 Å². The summed E-state index contributed by atoms with van der Waals surface area (Å²) in [4.78, 5) is 8.73. The van der Waals surface area contributed by atoms with Crippen LogP contribution in [-0.4, -0.2) is 55.5 Å². The van der Waals surface area contributed by atoms with E-state index in [2.05, 4.69) is 29.7 Å². The first-order valence-electron chi connectivity index (χ1n) is 7.82. The zero-order chi connectivity index (χ0) is 17.0. The molecule has 0 amide bonds. The Hall–Kier alpha value is -2.42. The molecule has 0 atom stereocenters. The van der Waals surface area contributed by atoms with Gasteiger partial charge in [-0.1, -0.05) is 6.07 Å². The van der Waals surface area contributed by atoms with Gasteiger partial charge in [0, 0.05) is 32.4 Å². The molecule has 2 aromatic heterocycles. The first-order valence-corrected chi connectivity index (χ1v) is 9.48. The Morgan fingerprint density at radius 3 is 2.25 bits per heavy atom. The summed E-state index contributed by atoms with van der Waals surface area (Å²) in [5, 5.41) is 8.09. The third-order valence-electron chi connectivity index (χ3n) is 3.87. The largest absolute Gasteiger partial charge is 0.353 e. The maximum atomic E-state index is 11.5. The molecule has 1 aliphatic heterocycles. The Morgan fingerprint density at radius 2 is 1.71 bits per heavy atom. The van der Waals surface area contributed by atoms with E-state index in [1.54, 1.807) is 25.3 Å². The van der Waals surface area contributed by atoms with Crippen LogP contribution in [0.15, 0.2) is 36.5 Å². The average Bonchev–Trinajstić information content (AvgIpc) is 2.63. The molecule has 0 bridgehead atoms. The van der Waals surface area contributed by atoms with E-state index in [0.29, 0.717) is 0 Å². The lowest BCUT2D eigenvalue weighted by Crippen LogP contribution is -2.47. The monoisotopic (exact) mass is 348 g/mol. The van der Waals surface area contributed by atoms with Crippen molar-refractivity contribution in [1.82, 2.24) is 15.2 Å². The molecule has 3 rings (SSSR count). The second-order valence-electron chi connectivity index (χ2n) is 5.44. The second-order valence-corrected chi connectivity index (χ2v) is 7.46. The molecule has 1 N–H and O–H groups in total. The van der Waals surface area contributed by atoms with Crippen molar-refractivity contribution in [1.29, 1.82) is 0 Å². The van der Waals surface area contributed by atoms with E-state index in [1.807, 2.05) is 18.2 Å². The molecular weight excluding hydrogens is 328 g/mol. The lowest BCUT2D eigenvalue weighted by atomic mass is 10.3. The van der Waals surface area contributed by atoms with E-state index in [9.17, 15) is 8.42 Å². The summed E-state index contributed by atoms with van der Waals surface area (Å²) in [6.07, 6.45) is 1.79. The normalized spacial score (nSPS) is 15.4. The van der Waals surface area contributed by atoms with Gasteiger partial charge in [0.25, 0.3) is 0 Å². The van der Waals surface area contributed by atoms with Gasteiger partial charge >= 0.3 is 0 Å². The molecule has 1 saturated heterocycles. The minimum atomic E-state index is -3.33. The zero-order valence-electron chi connectivity index (χ0n) is 13.5. The molecule has 3 heterocycles. The SMILES string of the molecule is CCS(=O)(=O)Nc1ccc(N2CCN(c3ccccn3)CC2)nn1. The van der Waals surface area contributed by atoms with Crippen molar-refractivity contribution >= 4 is 27.5 Å². The molecule has 8 nitrogen and oxygen atoms in total. The van der Waals surface area contributed by atoms with Gasteiger partial charge in [-0.3, -0.25) is 4.72 Å². The molecule has 0 spiro atoms. The Bertz CT molecular complexity index is 758. The van der Waals surface area contributed by atoms with Crippen LogP contribution in [0.2, 0.25) is 0 Å². The number of anilines is 3. The quantitative estimate of drug-likeness (QED) is 0.860. The van der Waals surface area contributed by atoms with Crippen LogP contribution in [-0.2, 0) is 10.0 Å². The molecule has 1 fully saturated rings. The van der Waals surface area contributed by atoms with Crippen molar-refractivity contribution in [2.75, 3.05) is 46.5 Å². The van der Waals surface area contributed by atoms with E-state index in [0.717, 1.165) is 37.8 Å². The van der Waals surface area contributed by atoms with E-state index in [4.69, 9.17) is 0 Å². The third-order valence-corrected chi connectivity index (χ3v) is 5.15. The summed E-state index contributed by atoms with van der Waals surface area (Å²) < 4.78 is 25.4. The van der Waals surface area contributed by atoms with Crippen LogP contribution >= 0.6 is 0 Å². The van der Waals surface area contributed by atoms with Crippen LogP contribution in [0.5, 0.6) is 0 Å². The van der Waals surface area contributed by atoms with Crippen LogP contribution < -0.4 is 14.5 Å². The number of hydrogen-bond acceptors (Lipinski definition) is 7. The molecule has 24 heavy (non-hydrogen) atoms. The predicted molar refractivity (Wildman–Crippen MR) is 93.8 cm³/mol. The topological polar surface area (TPSA) is 91.3 Å². The molecule has 0 aliphatic carbocycles. The van der Waals surface area contributed by atoms with Gasteiger partial charge in [0.2, 0.25) is 10.0 Å². The fraction of sp³-hybridized carbons (Fsp3) is 0.400. The van der Waals surface area contributed by atoms with Crippen LogP contribution in [0.25, 0.3) is 0 Å². The van der Waals surface area contributed by atoms with Crippen LogP contribution in [0.3, 0.4) is 0 Å². The first-order chi connectivity index (χ1) is 11.6. The molecule has 9 heteroatoms. The minimum absolute atomic E-state index is 0.00587. The summed E-state index contributed by atoms with van der Waals surface area (Å²) in [6, 6.07) is 9.32. The first kappa shape index (κ1) is 16.4. The van der Waals surface area contributed by atoms with Gasteiger partial charge in [0.1, 0.15) is 5.82 Å². The standard InChI is InChI=1S/C15H20N6O2S/c1-2-24(22,23)19-13-6-7-15(18-17-13)21-11-9-20(10-12-21)14-5-3-4-8-16-14/h3-8H,2,9-12H2,1H3,(H,17,19). The van der Waals surface area contributed by atoms with E-state index in [1.165, 1.54) is 0 Å². The van der Waals surface area contributed by atoms with Crippen molar-refractivity contribution in [2.24, 2.45) is 0 Å². The Balaban J connectivity index is 1.60. The van der Waals surface area contributed by atoms with Crippen molar-refractivity contribution in [2.45, 2.75) is 6.92 Å². The Morgan fingerprint density at radius 1 is 1.00 bits per heavy atom. The van der Waals surface area contributed by atoms with Gasteiger partial charge in [-0.2, -0.15) is 0 Å². The van der Waals surface area contributed by atoms with E-state index >= 15 is 0 Å². The highest BCUT2D eigenvalue weighted by atomic mass is 32.2. The highest BCUT2D eigenvalue weighted by Gasteiger charge is 2.19. The van der Waals surface area contributed by atoms with Crippen molar-refractivity contribution in [3.8, 4) is 0 Å².